The van der Waals surface area contributed by atoms with Crippen LogP contribution in [0.5, 0.6) is 0 Å². The molecule has 0 amide bonds. The van der Waals surface area contributed by atoms with Crippen LogP contribution in [0.3, 0.4) is 0 Å². The average Bonchev–Trinajstić information content (AvgIpc) is 2.88. The second kappa shape index (κ2) is 3.78. The van der Waals surface area contributed by atoms with Gasteiger partial charge in [0.1, 0.15) is 5.15 Å². The van der Waals surface area contributed by atoms with Crippen molar-refractivity contribution < 1.29 is 0 Å². The number of halogens is 1. The number of rotatable bonds is 0. The lowest BCUT2D eigenvalue weighted by Crippen LogP contribution is -2.07. The monoisotopic (exact) mass is 270 g/mol. The smallest absolute Gasteiger partial charge is 0.129 e. The molecule has 19 heavy (non-hydrogen) atoms. The number of nitrogens with one attached hydrogen (secondary N) is 1. The van der Waals surface area contributed by atoms with Crippen molar-refractivity contribution in [2.75, 3.05) is 0 Å². The summed E-state index contributed by atoms with van der Waals surface area (Å²) in [4.78, 5) is 8.87. The number of aromatic amines is 1. The number of aromatic nitrogens is 4. The minimum absolute atomic E-state index is 0.511. The van der Waals surface area contributed by atoms with Gasteiger partial charge in [0.2, 0.25) is 0 Å². The van der Waals surface area contributed by atoms with Gasteiger partial charge in [-0.2, -0.15) is 5.10 Å². The predicted molar refractivity (Wildman–Crippen MR) is 74.3 cm³/mol. The highest BCUT2D eigenvalue weighted by Gasteiger charge is 2.22. The first kappa shape index (κ1) is 10.9. The molecule has 4 rings (SSSR count). The number of aryl methyl sites for hydroxylation is 2. The molecule has 3 aromatic heterocycles. The van der Waals surface area contributed by atoms with Crippen molar-refractivity contribution >= 4 is 22.5 Å². The molecule has 1 aliphatic rings. The average molecular weight is 271 g/mol. The SMILES string of the molecule is Cc1c2c(nc3cnc(Cl)cc13)-c1cn[nH]c1CC2. The van der Waals surface area contributed by atoms with Gasteiger partial charge in [0.25, 0.3) is 0 Å². The topological polar surface area (TPSA) is 54.5 Å². The van der Waals surface area contributed by atoms with E-state index < -0.39 is 0 Å². The molecule has 0 aliphatic heterocycles. The number of H-pyrrole nitrogens is 1. The predicted octanol–water partition coefficient (Wildman–Crippen LogP) is 3.08. The lowest BCUT2D eigenvalue weighted by atomic mass is 9.89. The zero-order valence-electron chi connectivity index (χ0n) is 10.4. The summed E-state index contributed by atoms with van der Waals surface area (Å²) >= 11 is 5.98. The Kier molecular flexibility index (Phi) is 2.17. The van der Waals surface area contributed by atoms with Crippen LogP contribution in [0, 0.1) is 6.92 Å². The Balaban J connectivity index is 2.11. The summed E-state index contributed by atoms with van der Waals surface area (Å²) in [6.07, 6.45) is 5.56. The van der Waals surface area contributed by atoms with Gasteiger partial charge >= 0.3 is 0 Å². The van der Waals surface area contributed by atoms with Crippen molar-refractivity contribution in [3.05, 3.63) is 40.4 Å². The van der Waals surface area contributed by atoms with E-state index in [1.54, 1.807) is 6.20 Å². The van der Waals surface area contributed by atoms with Gasteiger partial charge in [0, 0.05) is 16.6 Å². The van der Waals surface area contributed by atoms with Gasteiger partial charge in [-0.05, 0) is 37.0 Å². The first-order valence-corrected chi connectivity index (χ1v) is 6.59. The molecule has 0 fully saturated rings. The van der Waals surface area contributed by atoms with E-state index in [-0.39, 0.29) is 0 Å². The van der Waals surface area contributed by atoms with E-state index in [2.05, 4.69) is 22.1 Å². The van der Waals surface area contributed by atoms with Gasteiger partial charge in [0.15, 0.2) is 0 Å². The van der Waals surface area contributed by atoms with Gasteiger partial charge in [-0.25, -0.2) is 9.97 Å². The van der Waals surface area contributed by atoms with Crippen molar-refractivity contribution in [2.24, 2.45) is 0 Å². The van der Waals surface area contributed by atoms with Crippen LogP contribution >= 0.6 is 11.6 Å². The van der Waals surface area contributed by atoms with E-state index in [1.807, 2.05) is 12.3 Å². The minimum atomic E-state index is 0.511. The van der Waals surface area contributed by atoms with Crippen molar-refractivity contribution in [2.45, 2.75) is 19.8 Å². The zero-order chi connectivity index (χ0) is 13.0. The van der Waals surface area contributed by atoms with E-state index in [1.165, 1.54) is 16.8 Å². The van der Waals surface area contributed by atoms with E-state index in [0.717, 1.165) is 35.0 Å². The molecular formula is C14H11ClN4. The fourth-order valence-electron chi connectivity index (χ4n) is 2.83. The molecule has 0 spiro atoms. The third kappa shape index (κ3) is 1.50. The molecule has 0 atom stereocenters. The standard InChI is InChI=1S/C14H11ClN4/c1-7-8-2-3-11-10(5-17-19-11)14(8)18-12-6-16-13(15)4-9(7)12/h4-6H,2-3H2,1H3,(H,17,19). The molecule has 0 unspecified atom stereocenters. The maximum Gasteiger partial charge on any atom is 0.129 e. The highest BCUT2D eigenvalue weighted by atomic mass is 35.5. The molecule has 1 N–H and O–H groups in total. The Bertz CT molecular complexity index is 807. The number of nitrogens with zero attached hydrogens (tertiary/aromatic N) is 3. The summed E-state index contributed by atoms with van der Waals surface area (Å²) in [7, 11) is 0. The summed E-state index contributed by atoms with van der Waals surface area (Å²) in [6.45, 7) is 2.13. The Morgan fingerprint density at radius 2 is 2.16 bits per heavy atom. The van der Waals surface area contributed by atoms with E-state index in [4.69, 9.17) is 16.6 Å². The minimum Gasteiger partial charge on any atom is -0.282 e. The van der Waals surface area contributed by atoms with Crippen LogP contribution in [0.4, 0.5) is 0 Å². The van der Waals surface area contributed by atoms with Crippen LogP contribution in [0.25, 0.3) is 22.2 Å². The maximum atomic E-state index is 5.98. The Morgan fingerprint density at radius 1 is 1.26 bits per heavy atom. The van der Waals surface area contributed by atoms with Crippen LogP contribution in [-0.4, -0.2) is 20.2 Å². The molecule has 1 aliphatic carbocycles. The van der Waals surface area contributed by atoms with Crippen molar-refractivity contribution in [1.29, 1.82) is 0 Å². The molecule has 0 saturated heterocycles. The lowest BCUT2D eigenvalue weighted by molar-refractivity contribution is 0.871. The molecular weight excluding hydrogens is 260 g/mol. The maximum absolute atomic E-state index is 5.98. The number of hydrogen-bond acceptors (Lipinski definition) is 3. The zero-order valence-corrected chi connectivity index (χ0v) is 11.1. The second-order valence-corrected chi connectivity index (χ2v) is 5.24. The van der Waals surface area contributed by atoms with Gasteiger partial charge in [-0.1, -0.05) is 11.6 Å². The largest absolute Gasteiger partial charge is 0.282 e. The van der Waals surface area contributed by atoms with Crippen LogP contribution in [0.1, 0.15) is 16.8 Å². The van der Waals surface area contributed by atoms with Gasteiger partial charge < -0.3 is 0 Å². The summed E-state index contributed by atoms with van der Waals surface area (Å²) in [5.74, 6) is 0. The molecule has 0 bridgehead atoms. The summed E-state index contributed by atoms with van der Waals surface area (Å²) < 4.78 is 0. The van der Waals surface area contributed by atoms with Crippen LogP contribution in [0.15, 0.2) is 18.5 Å². The molecule has 0 aromatic carbocycles. The van der Waals surface area contributed by atoms with Crippen molar-refractivity contribution in [3.63, 3.8) is 0 Å². The second-order valence-electron chi connectivity index (χ2n) is 4.85. The summed E-state index contributed by atoms with van der Waals surface area (Å²) in [6, 6.07) is 1.89. The van der Waals surface area contributed by atoms with Crippen molar-refractivity contribution in [1.82, 2.24) is 20.2 Å². The third-order valence-electron chi connectivity index (χ3n) is 3.82. The molecule has 0 saturated carbocycles. The number of fused-ring (bicyclic) bond motifs is 4. The Labute approximate surface area is 114 Å². The number of pyridine rings is 2. The number of hydrogen-bond donors (Lipinski definition) is 1. The third-order valence-corrected chi connectivity index (χ3v) is 4.03. The summed E-state index contributed by atoms with van der Waals surface area (Å²) in [5.41, 5.74) is 6.74. The molecule has 3 heterocycles. The fourth-order valence-corrected chi connectivity index (χ4v) is 2.98. The molecule has 0 radical (unpaired) electrons. The fraction of sp³-hybridized carbons (Fsp3) is 0.214. The summed E-state index contributed by atoms with van der Waals surface area (Å²) in [5, 5.41) is 8.77. The first-order valence-electron chi connectivity index (χ1n) is 6.21. The van der Waals surface area contributed by atoms with Crippen molar-refractivity contribution in [3.8, 4) is 11.3 Å². The van der Waals surface area contributed by atoms with E-state index >= 15 is 0 Å². The van der Waals surface area contributed by atoms with E-state index in [9.17, 15) is 0 Å². The molecule has 5 heteroatoms. The molecule has 4 nitrogen and oxygen atoms in total. The quantitative estimate of drug-likeness (QED) is 0.639. The Hall–Kier alpha value is -1.94. The van der Waals surface area contributed by atoms with Crippen LogP contribution in [0.2, 0.25) is 5.15 Å². The first-order chi connectivity index (χ1) is 9.24. The lowest BCUT2D eigenvalue weighted by Gasteiger charge is -2.18. The van der Waals surface area contributed by atoms with Crippen LogP contribution in [-0.2, 0) is 12.8 Å². The normalized spacial score (nSPS) is 13.4. The molecule has 94 valence electrons. The van der Waals surface area contributed by atoms with Gasteiger partial charge in [-0.3, -0.25) is 5.10 Å². The van der Waals surface area contributed by atoms with Gasteiger partial charge in [-0.15, -0.1) is 0 Å². The van der Waals surface area contributed by atoms with Crippen LogP contribution < -0.4 is 0 Å². The highest BCUT2D eigenvalue weighted by molar-refractivity contribution is 6.30. The Morgan fingerprint density at radius 3 is 3.05 bits per heavy atom. The van der Waals surface area contributed by atoms with E-state index in [0.29, 0.717) is 5.15 Å². The highest BCUT2D eigenvalue weighted by Crippen LogP contribution is 2.35. The van der Waals surface area contributed by atoms with Gasteiger partial charge in [0.05, 0.1) is 23.6 Å². The molecule has 3 aromatic rings.